The molecule has 2 saturated carbocycles. The highest BCUT2D eigenvalue weighted by atomic mass is 16.1. The summed E-state index contributed by atoms with van der Waals surface area (Å²) in [7, 11) is 0. The van der Waals surface area contributed by atoms with Gasteiger partial charge in [0.05, 0.1) is 0 Å². The van der Waals surface area contributed by atoms with Gasteiger partial charge >= 0.3 is 0 Å². The zero-order chi connectivity index (χ0) is 13.2. The first-order valence-electron chi connectivity index (χ1n) is 8.07. The zero-order valence-electron chi connectivity index (χ0n) is 12.5. The molecule has 0 aromatic carbocycles. The summed E-state index contributed by atoms with van der Waals surface area (Å²) in [5.41, 5.74) is 0.333. The van der Waals surface area contributed by atoms with E-state index in [0.717, 1.165) is 18.8 Å². The Morgan fingerprint density at radius 2 is 1.83 bits per heavy atom. The molecule has 2 aliphatic carbocycles. The van der Waals surface area contributed by atoms with Crippen molar-refractivity contribution >= 4 is 5.78 Å². The van der Waals surface area contributed by atoms with Crippen LogP contribution in [-0.2, 0) is 4.79 Å². The van der Waals surface area contributed by atoms with Crippen molar-refractivity contribution < 1.29 is 4.79 Å². The quantitative estimate of drug-likeness (QED) is 0.687. The topological polar surface area (TPSA) is 17.1 Å². The van der Waals surface area contributed by atoms with Crippen LogP contribution in [0.25, 0.3) is 0 Å². The van der Waals surface area contributed by atoms with Gasteiger partial charge in [0, 0.05) is 12.3 Å². The molecule has 0 radical (unpaired) electrons. The van der Waals surface area contributed by atoms with E-state index in [4.69, 9.17) is 0 Å². The Morgan fingerprint density at radius 3 is 2.44 bits per heavy atom. The van der Waals surface area contributed by atoms with Crippen molar-refractivity contribution in [3.63, 3.8) is 0 Å². The molecule has 18 heavy (non-hydrogen) atoms. The summed E-state index contributed by atoms with van der Waals surface area (Å²) < 4.78 is 0. The van der Waals surface area contributed by atoms with E-state index in [1.54, 1.807) is 0 Å². The van der Waals surface area contributed by atoms with Crippen molar-refractivity contribution in [3.05, 3.63) is 0 Å². The van der Waals surface area contributed by atoms with Gasteiger partial charge in [-0.1, -0.05) is 46.5 Å². The number of carbonyl (C=O) groups excluding carboxylic acids is 1. The van der Waals surface area contributed by atoms with E-state index < -0.39 is 0 Å². The molecule has 1 nitrogen and oxygen atoms in total. The van der Waals surface area contributed by atoms with Crippen molar-refractivity contribution in [1.29, 1.82) is 0 Å². The predicted octanol–water partition coefficient (Wildman–Crippen LogP) is 4.99. The summed E-state index contributed by atoms with van der Waals surface area (Å²) in [4.78, 5) is 12.6. The minimum absolute atomic E-state index is 0.333. The molecule has 0 spiro atoms. The van der Waals surface area contributed by atoms with E-state index in [9.17, 15) is 4.79 Å². The first-order chi connectivity index (χ1) is 8.54. The van der Waals surface area contributed by atoms with Crippen LogP contribution >= 0.6 is 0 Å². The van der Waals surface area contributed by atoms with Crippen LogP contribution in [-0.4, -0.2) is 5.78 Å². The van der Waals surface area contributed by atoms with Crippen LogP contribution in [0, 0.1) is 23.2 Å². The van der Waals surface area contributed by atoms with Gasteiger partial charge in [-0.25, -0.2) is 0 Å². The third-order valence-corrected chi connectivity index (χ3v) is 5.53. The molecule has 0 saturated heterocycles. The molecule has 0 aliphatic heterocycles. The van der Waals surface area contributed by atoms with Crippen molar-refractivity contribution in [1.82, 2.24) is 0 Å². The Bertz CT molecular complexity index is 288. The van der Waals surface area contributed by atoms with Gasteiger partial charge in [-0.3, -0.25) is 4.79 Å². The molecule has 104 valence electrons. The van der Waals surface area contributed by atoms with E-state index in [2.05, 4.69) is 20.8 Å². The van der Waals surface area contributed by atoms with Crippen molar-refractivity contribution in [2.75, 3.05) is 0 Å². The minimum Gasteiger partial charge on any atom is -0.299 e. The highest BCUT2D eigenvalue weighted by Crippen LogP contribution is 2.44. The Kier molecular flexibility index (Phi) is 4.50. The van der Waals surface area contributed by atoms with Crippen LogP contribution in [0.3, 0.4) is 0 Å². The zero-order valence-corrected chi connectivity index (χ0v) is 12.5. The SMILES string of the molecule is CC[C@@H]1CC(C)CC1C(=O)CC1(C)CCCCC1. The van der Waals surface area contributed by atoms with E-state index in [1.165, 1.54) is 44.9 Å². The second-order valence-electron chi connectivity index (χ2n) is 7.37. The summed E-state index contributed by atoms with van der Waals surface area (Å²) in [6, 6.07) is 0. The van der Waals surface area contributed by atoms with E-state index >= 15 is 0 Å². The number of carbonyl (C=O) groups is 1. The lowest BCUT2D eigenvalue weighted by Gasteiger charge is -2.34. The molecule has 1 heteroatoms. The molecule has 0 aromatic rings. The van der Waals surface area contributed by atoms with Crippen LogP contribution in [0.5, 0.6) is 0 Å². The fourth-order valence-electron chi connectivity index (χ4n) is 4.38. The Labute approximate surface area is 113 Å². The third kappa shape index (κ3) is 3.16. The van der Waals surface area contributed by atoms with Crippen LogP contribution in [0.2, 0.25) is 0 Å². The molecule has 3 atom stereocenters. The molecule has 0 aromatic heterocycles. The van der Waals surface area contributed by atoms with Crippen molar-refractivity contribution in [2.24, 2.45) is 23.2 Å². The number of rotatable bonds is 4. The molecule has 0 amide bonds. The van der Waals surface area contributed by atoms with E-state index in [1.807, 2.05) is 0 Å². The van der Waals surface area contributed by atoms with Gasteiger partial charge in [0.25, 0.3) is 0 Å². The second kappa shape index (κ2) is 5.75. The van der Waals surface area contributed by atoms with Gasteiger partial charge in [-0.15, -0.1) is 0 Å². The van der Waals surface area contributed by atoms with Crippen molar-refractivity contribution in [2.45, 2.75) is 78.6 Å². The highest BCUT2D eigenvalue weighted by molar-refractivity contribution is 5.82. The Balaban J connectivity index is 1.94. The molecule has 2 fully saturated rings. The summed E-state index contributed by atoms with van der Waals surface area (Å²) in [6.45, 7) is 6.92. The monoisotopic (exact) mass is 250 g/mol. The van der Waals surface area contributed by atoms with Gasteiger partial charge in [0.2, 0.25) is 0 Å². The lowest BCUT2D eigenvalue weighted by molar-refractivity contribution is -0.126. The largest absolute Gasteiger partial charge is 0.299 e. The second-order valence-corrected chi connectivity index (χ2v) is 7.37. The van der Waals surface area contributed by atoms with Gasteiger partial charge in [0.15, 0.2) is 0 Å². The predicted molar refractivity (Wildman–Crippen MR) is 76.5 cm³/mol. The normalized spacial score (nSPS) is 35.6. The fraction of sp³-hybridized carbons (Fsp3) is 0.941. The number of Topliss-reactive ketones (excluding diaryl/α,β-unsaturated/α-hetero) is 1. The van der Waals surface area contributed by atoms with E-state index in [0.29, 0.717) is 23.0 Å². The van der Waals surface area contributed by atoms with E-state index in [-0.39, 0.29) is 0 Å². The van der Waals surface area contributed by atoms with Gasteiger partial charge in [-0.2, -0.15) is 0 Å². The molecule has 2 unspecified atom stereocenters. The minimum atomic E-state index is 0.333. The lowest BCUT2D eigenvalue weighted by atomic mass is 9.70. The van der Waals surface area contributed by atoms with Crippen LogP contribution in [0.1, 0.15) is 78.6 Å². The summed E-state index contributed by atoms with van der Waals surface area (Å²) in [6.07, 6.45) is 11.1. The summed E-state index contributed by atoms with van der Waals surface area (Å²) >= 11 is 0. The molecule has 0 N–H and O–H groups in total. The molecular weight excluding hydrogens is 220 g/mol. The van der Waals surface area contributed by atoms with Crippen LogP contribution in [0.4, 0.5) is 0 Å². The maximum atomic E-state index is 12.6. The maximum absolute atomic E-state index is 12.6. The summed E-state index contributed by atoms with van der Waals surface area (Å²) in [5, 5.41) is 0. The first-order valence-corrected chi connectivity index (χ1v) is 8.07. The third-order valence-electron chi connectivity index (χ3n) is 5.53. The fourth-order valence-corrected chi connectivity index (χ4v) is 4.38. The first kappa shape index (κ1) is 14.1. The average Bonchev–Trinajstić information content (AvgIpc) is 2.71. The Morgan fingerprint density at radius 1 is 1.17 bits per heavy atom. The van der Waals surface area contributed by atoms with Gasteiger partial charge < -0.3 is 0 Å². The Hall–Kier alpha value is -0.330. The van der Waals surface area contributed by atoms with Crippen molar-refractivity contribution in [3.8, 4) is 0 Å². The van der Waals surface area contributed by atoms with Crippen LogP contribution < -0.4 is 0 Å². The molecule has 2 rings (SSSR count). The van der Waals surface area contributed by atoms with Gasteiger partial charge in [0.1, 0.15) is 5.78 Å². The molecular formula is C17H30O. The number of ketones is 1. The maximum Gasteiger partial charge on any atom is 0.136 e. The highest BCUT2D eigenvalue weighted by Gasteiger charge is 2.38. The summed E-state index contributed by atoms with van der Waals surface area (Å²) in [5.74, 6) is 2.43. The number of hydrogen-bond acceptors (Lipinski definition) is 1. The average molecular weight is 250 g/mol. The lowest BCUT2D eigenvalue weighted by Crippen LogP contribution is -2.28. The smallest absolute Gasteiger partial charge is 0.136 e. The van der Waals surface area contributed by atoms with Gasteiger partial charge in [-0.05, 0) is 42.9 Å². The molecule has 0 heterocycles. The molecule has 2 aliphatic rings. The van der Waals surface area contributed by atoms with Crippen LogP contribution in [0.15, 0.2) is 0 Å². The molecule has 0 bridgehead atoms. The number of hydrogen-bond donors (Lipinski definition) is 0. The standard InChI is InChI=1S/C17H30O/c1-4-14-10-13(2)11-15(14)16(18)12-17(3)8-6-5-7-9-17/h13-15H,4-12H2,1-3H3/t13?,14-,15?/m1/s1.